The van der Waals surface area contributed by atoms with Crippen molar-refractivity contribution >= 4 is 82.5 Å². The number of furan rings is 2. The van der Waals surface area contributed by atoms with Crippen LogP contribution in [0, 0.1) is 0 Å². The van der Waals surface area contributed by atoms with Crippen LogP contribution >= 0.6 is 0 Å². The van der Waals surface area contributed by atoms with E-state index in [-0.39, 0.29) is 0 Å². The lowest BCUT2D eigenvalue weighted by Crippen LogP contribution is -2.10. The van der Waals surface area contributed by atoms with E-state index in [0.29, 0.717) is 0 Å². The summed E-state index contributed by atoms with van der Waals surface area (Å²) in [6, 6.07) is 57.7. The molecule has 0 bridgehead atoms. The van der Waals surface area contributed by atoms with E-state index in [1.165, 1.54) is 27.3 Å². The van der Waals surface area contributed by atoms with Crippen molar-refractivity contribution in [1.29, 1.82) is 0 Å². The number of hydrogen-bond donors (Lipinski definition) is 0. The number of rotatable bonds is 4. The van der Waals surface area contributed by atoms with Gasteiger partial charge in [0.25, 0.3) is 0 Å². The Morgan fingerprint density at radius 2 is 0.957 bits per heavy atom. The van der Waals surface area contributed by atoms with Crippen LogP contribution in [0.15, 0.2) is 173 Å². The van der Waals surface area contributed by atoms with E-state index in [2.05, 4.69) is 157 Å². The predicted molar refractivity (Wildman–Crippen MR) is 196 cm³/mol. The third-order valence-corrected chi connectivity index (χ3v) is 9.43. The van der Waals surface area contributed by atoms with Crippen molar-refractivity contribution in [2.75, 3.05) is 4.90 Å². The third kappa shape index (κ3) is 4.00. The molecule has 8 aromatic carbocycles. The maximum atomic E-state index is 6.77. The fourth-order valence-electron chi connectivity index (χ4n) is 7.22. The maximum Gasteiger partial charge on any atom is 0.159 e. The highest BCUT2D eigenvalue weighted by molar-refractivity contribution is 6.29. The molecular formula is C44H27NO2. The zero-order valence-electron chi connectivity index (χ0n) is 25.4. The maximum absolute atomic E-state index is 6.77. The molecule has 0 N–H and O–H groups in total. The fourth-order valence-corrected chi connectivity index (χ4v) is 7.22. The number of nitrogens with zero attached hydrogens (tertiary/aromatic N) is 1. The van der Waals surface area contributed by atoms with E-state index in [9.17, 15) is 0 Å². The van der Waals surface area contributed by atoms with Gasteiger partial charge in [0.15, 0.2) is 5.58 Å². The van der Waals surface area contributed by atoms with Gasteiger partial charge in [-0.3, -0.25) is 0 Å². The topological polar surface area (TPSA) is 29.5 Å². The van der Waals surface area contributed by atoms with Crippen LogP contribution in [0.25, 0.3) is 76.5 Å². The van der Waals surface area contributed by atoms with Crippen LogP contribution in [-0.4, -0.2) is 0 Å². The zero-order chi connectivity index (χ0) is 30.9. The Labute approximate surface area is 270 Å². The van der Waals surface area contributed by atoms with E-state index in [4.69, 9.17) is 8.83 Å². The summed E-state index contributed by atoms with van der Waals surface area (Å²) in [5.41, 5.74) is 8.93. The molecule has 220 valence electrons. The lowest BCUT2D eigenvalue weighted by atomic mass is 10.0. The summed E-state index contributed by atoms with van der Waals surface area (Å²) in [5.74, 6) is 0. The van der Waals surface area contributed by atoms with Crippen LogP contribution in [-0.2, 0) is 0 Å². The van der Waals surface area contributed by atoms with Gasteiger partial charge in [-0.25, -0.2) is 0 Å². The van der Waals surface area contributed by atoms with Gasteiger partial charge < -0.3 is 13.7 Å². The van der Waals surface area contributed by atoms with Gasteiger partial charge in [0.2, 0.25) is 0 Å². The van der Waals surface area contributed by atoms with Crippen LogP contribution in [0.3, 0.4) is 0 Å². The number of para-hydroxylation sites is 2. The quantitative estimate of drug-likeness (QED) is 0.201. The summed E-state index contributed by atoms with van der Waals surface area (Å²) in [4.78, 5) is 2.28. The second-order valence-electron chi connectivity index (χ2n) is 12.1. The molecule has 0 radical (unpaired) electrons. The summed E-state index contributed by atoms with van der Waals surface area (Å²) < 4.78 is 13.3. The normalized spacial score (nSPS) is 11.8. The highest BCUT2D eigenvalue weighted by Gasteiger charge is 2.22. The van der Waals surface area contributed by atoms with E-state index in [1.54, 1.807) is 0 Å². The Kier molecular flexibility index (Phi) is 5.57. The van der Waals surface area contributed by atoms with E-state index < -0.39 is 0 Å². The Hall–Kier alpha value is -6.32. The van der Waals surface area contributed by atoms with Crippen molar-refractivity contribution in [2.45, 2.75) is 0 Å². The fraction of sp³-hybridized carbons (Fsp3) is 0. The first-order valence-corrected chi connectivity index (χ1v) is 15.9. The molecule has 10 rings (SSSR count). The monoisotopic (exact) mass is 601 g/mol. The van der Waals surface area contributed by atoms with E-state index in [0.717, 1.165) is 66.3 Å². The van der Waals surface area contributed by atoms with E-state index in [1.807, 2.05) is 12.1 Å². The minimum atomic E-state index is 0.840. The lowest BCUT2D eigenvalue weighted by Gasteiger charge is -2.25. The van der Waals surface area contributed by atoms with Gasteiger partial charge in [-0.1, -0.05) is 109 Å². The number of anilines is 3. The summed E-state index contributed by atoms with van der Waals surface area (Å²) in [5, 5.41) is 9.10. The number of benzene rings is 8. The van der Waals surface area contributed by atoms with Crippen LogP contribution < -0.4 is 4.90 Å². The van der Waals surface area contributed by atoms with Gasteiger partial charge in [0, 0.05) is 38.3 Å². The average Bonchev–Trinajstić information content (AvgIpc) is 3.71. The smallest absolute Gasteiger partial charge is 0.159 e. The van der Waals surface area contributed by atoms with Crippen molar-refractivity contribution in [1.82, 2.24) is 0 Å². The molecular weight excluding hydrogens is 574 g/mol. The molecule has 0 fully saturated rings. The van der Waals surface area contributed by atoms with E-state index >= 15 is 0 Å². The predicted octanol–water partition coefficient (Wildman–Crippen LogP) is 12.9. The van der Waals surface area contributed by atoms with Crippen molar-refractivity contribution in [2.24, 2.45) is 0 Å². The Morgan fingerprint density at radius 3 is 1.77 bits per heavy atom. The van der Waals surface area contributed by atoms with Crippen molar-refractivity contribution < 1.29 is 8.83 Å². The van der Waals surface area contributed by atoms with Crippen LogP contribution in [0.5, 0.6) is 0 Å². The molecule has 0 aliphatic rings. The van der Waals surface area contributed by atoms with Gasteiger partial charge in [-0.05, 0) is 81.9 Å². The minimum absolute atomic E-state index is 0.840. The van der Waals surface area contributed by atoms with Crippen LogP contribution in [0.4, 0.5) is 17.1 Å². The summed E-state index contributed by atoms with van der Waals surface area (Å²) >= 11 is 0. The molecule has 2 aromatic heterocycles. The molecule has 10 aromatic rings. The SMILES string of the molecule is c1ccc(N(c2ccc(-c3ccc4ccccc4c3)cc2)c2cccc3c2oc2ccc4oc5c6ccccc6ccc5c4c23)cc1. The number of hydrogen-bond acceptors (Lipinski definition) is 3. The van der Waals surface area contributed by atoms with Gasteiger partial charge >= 0.3 is 0 Å². The molecule has 0 spiro atoms. The van der Waals surface area contributed by atoms with Gasteiger partial charge in [-0.2, -0.15) is 0 Å². The highest BCUT2D eigenvalue weighted by atomic mass is 16.3. The molecule has 0 unspecified atom stereocenters. The van der Waals surface area contributed by atoms with Crippen molar-refractivity contribution in [3.63, 3.8) is 0 Å². The molecule has 0 saturated heterocycles. The minimum Gasteiger partial charge on any atom is -0.455 e. The first-order valence-electron chi connectivity index (χ1n) is 15.9. The van der Waals surface area contributed by atoms with Gasteiger partial charge in [0.05, 0.1) is 5.69 Å². The standard InChI is InChI=1S/C44H27NO2/c1-2-12-33(13-3-1)45(34-22-19-29(20-23-34)32-18-17-28-9-4-5-11-31(28)27-32)38-16-8-15-36-41-40(47-44(36)38)26-25-39-42(41)37-24-21-30-10-6-7-14-35(30)43(37)46-39/h1-27H. The summed E-state index contributed by atoms with van der Waals surface area (Å²) in [6.45, 7) is 0. The van der Waals surface area contributed by atoms with Crippen molar-refractivity contribution in [3.8, 4) is 11.1 Å². The second-order valence-corrected chi connectivity index (χ2v) is 12.1. The molecule has 0 aliphatic carbocycles. The zero-order valence-corrected chi connectivity index (χ0v) is 25.4. The molecule has 3 heteroatoms. The summed E-state index contributed by atoms with van der Waals surface area (Å²) in [6.07, 6.45) is 0. The largest absolute Gasteiger partial charge is 0.455 e. The van der Waals surface area contributed by atoms with Gasteiger partial charge in [-0.15, -0.1) is 0 Å². The molecule has 0 aliphatic heterocycles. The number of fused-ring (bicyclic) bond motifs is 10. The summed E-state index contributed by atoms with van der Waals surface area (Å²) in [7, 11) is 0. The highest BCUT2D eigenvalue weighted by Crippen LogP contribution is 2.46. The first-order chi connectivity index (χ1) is 23.3. The molecule has 47 heavy (non-hydrogen) atoms. The Balaban J connectivity index is 1.17. The average molecular weight is 602 g/mol. The molecule has 2 heterocycles. The third-order valence-electron chi connectivity index (χ3n) is 9.43. The first kappa shape index (κ1) is 26.0. The molecule has 0 amide bonds. The molecule has 0 saturated carbocycles. The van der Waals surface area contributed by atoms with Gasteiger partial charge in [0.1, 0.15) is 16.7 Å². The lowest BCUT2D eigenvalue weighted by molar-refractivity contribution is 0.664. The van der Waals surface area contributed by atoms with Crippen LogP contribution in [0.1, 0.15) is 0 Å². The Bertz CT molecular complexity index is 2790. The molecule has 0 atom stereocenters. The second kappa shape index (κ2) is 10.1. The van der Waals surface area contributed by atoms with Crippen LogP contribution in [0.2, 0.25) is 0 Å². The Morgan fingerprint density at radius 1 is 0.362 bits per heavy atom. The van der Waals surface area contributed by atoms with Crippen molar-refractivity contribution in [3.05, 3.63) is 164 Å². The molecule has 3 nitrogen and oxygen atoms in total.